The van der Waals surface area contributed by atoms with E-state index in [1.165, 1.54) is 11.0 Å². The number of hydrogen-bond donors (Lipinski definition) is 2. The van der Waals surface area contributed by atoms with Gasteiger partial charge in [0.25, 0.3) is 5.91 Å². The fourth-order valence-electron chi connectivity index (χ4n) is 1.89. The van der Waals surface area contributed by atoms with E-state index >= 15 is 0 Å². The van der Waals surface area contributed by atoms with E-state index in [-0.39, 0.29) is 17.2 Å². The summed E-state index contributed by atoms with van der Waals surface area (Å²) in [6.07, 6.45) is 0.628. The smallest absolute Gasteiger partial charge is 0.257 e. The number of rotatable bonds is 2. The number of carbonyl (C=O) groups is 1. The van der Waals surface area contributed by atoms with Crippen LogP contribution in [0.2, 0.25) is 0 Å². The first-order chi connectivity index (χ1) is 7.95. The van der Waals surface area contributed by atoms with E-state index in [0.717, 1.165) is 4.47 Å². The lowest BCUT2D eigenvalue weighted by molar-refractivity contribution is -0.0827. The number of aromatic hydroxyl groups is 1. The minimum atomic E-state index is -0.749. The zero-order valence-corrected chi connectivity index (χ0v) is 11.1. The molecule has 0 radical (unpaired) electrons. The molecule has 1 aromatic carbocycles. The van der Waals surface area contributed by atoms with Gasteiger partial charge in [0.2, 0.25) is 0 Å². The number of likely N-dealkylation sites (tertiary alicyclic amines) is 1. The summed E-state index contributed by atoms with van der Waals surface area (Å²) in [7, 11) is 0. The van der Waals surface area contributed by atoms with Crippen LogP contribution in [0, 0.1) is 0 Å². The van der Waals surface area contributed by atoms with E-state index in [2.05, 4.69) is 15.9 Å². The van der Waals surface area contributed by atoms with Crippen LogP contribution in [0.3, 0.4) is 0 Å². The van der Waals surface area contributed by atoms with Crippen molar-refractivity contribution >= 4 is 21.8 Å². The highest BCUT2D eigenvalue weighted by Gasteiger charge is 2.42. The van der Waals surface area contributed by atoms with E-state index in [0.29, 0.717) is 19.5 Å². The minimum absolute atomic E-state index is 0.0451. The Kier molecular flexibility index (Phi) is 3.14. The van der Waals surface area contributed by atoms with Crippen molar-refractivity contribution in [3.05, 3.63) is 28.2 Å². The first-order valence-corrected chi connectivity index (χ1v) is 6.25. The Bertz CT molecular complexity index is 455. The second-order valence-corrected chi connectivity index (χ2v) is 5.32. The van der Waals surface area contributed by atoms with Gasteiger partial charge in [0.1, 0.15) is 5.75 Å². The Morgan fingerprint density at radius 1 is 1.53 bits per heavy atom. The molecular weight excluding hydrogens is 286 g/mol. The molecule has 1 amide bonds. The Hall–Kier alpha value is -1.07. The van der Waals surface area contributed by atoms with Crippen molar-refractivity contribution in [2.24, 2.45) is 0 Å². The largest absolute Gasteiger partial charge is 0.507 e. The Morgan fingerprint density at radius 3 is 2.71 bits per heavy atom. The maximum atomic E-state index is 12.0. The van der Waals surface area contributed by atoms with Crippen molar-refractivity contribution in [1.82, 2.24) is 4.90 Å². The van der Waals surface area contributed by atoms with Crippen LogP contribution in [0.4, 0.5) is 0 Å². The third kappa shape index (κ3) is 2.30. The lowest BCUT2D eigenvalue weighted by Gasteiger charge is -2.46. The van der Waals surface area contributed by atoms with Gasteiger partial charge in [0.15, 0.2) is 0 Å². The fraction of sp³-hybridized carbons (Fsp3) is 0.417. The number of benzene rings is 1. The van der Waals surface area contributed by atoms with Crippen molar-refractivity contribution < 1.29 is 15.0 Å². The number of aliphatic hydroxyl groups is 1. The molecule has 0 unspecified atom stereocenters. The molecule has 0 aliphatic carbocycles. The van der Waals surface area contributed by atoms with Gasteiger partial charge in [0.05, 0.1) is 24.3 Å². The molecule has 0 atom stereocenters. The molecule has 0 spiro atoms. The third-order valence-corrected chi connectivity index (χ3v) is 3.60. The first kappa shape index (κ1) is 12.4. The molecule has 0 aromatic heterocycles. The molecule has 1 fully saturated rings. The van der Waals surface area contributed by atoms with Gasteiger partial charge < -0.3 is 15.1 Å². The maximum Gasteiger partial charge on any atom is 0.257 e. The van der Waals surface area contributed by atoms with E-state index < -0.39 is 5.60 Å². The number of hydrogen-bond acceptors (Lipinski definition) is 3. The molecule has 4 nitrogen and oxygen atoms in total. The summed E-state index contributed by atoms with van der Waals surface area (Å²) >= 11 is 3.22. The highest BCUT2D eigenvalue weighted by molar-refractivity contribution is 9.10. The van der Waals surface area contributed by atoms with E-state index in [1.807, 2.05) is 6.92 Å². The summed E-state index contributed by atoms with van der Waals surface area (Å²) in [5.74, 6) is -0.288. The van der Waals surface area contributed by atoms with Crippen molar-refractivity contribution in [2.75, 3.05) is 13.1 Å². The van der Waals surface area contributed by atoms with Gasteiger partial charge in [-0.25, -0.2) is 0 Å². The molecule has 1 heterocycles. The lowest BCUT2D eigenvalue weighted by atomic mass is 9.90. The SMILES string of the molecule is CCC1(O)CN(C(=O)c2ccc(Br)cc2O)C1. The summed E-state index contributed by atoms with van der Waals surface area (Å²) < 4.78 is 0.722. The Labute approximate surface area is 108 Å². The van der Waals surface area contributed by atoms with Gasteiger partial charge in [-0.05, 0) is 24.6 Å². The molecule has 5 heteroatoms. The molecule has 1 aliphatic rings. The number of phenolic OH excluding ortho intramolecular Hbond substituents is 1. The molecule has 1 aliphatic heterocycles. The van der Waals surface area contributed by atoms with Crippen molar-refractivity contribution in [3.8, 4) is 5.75 Å². The zero-order valence-electron chi connectivity index (χ0n) is 9.48. The maximum absolute atomic E-state index is 12.0. The quantitative estimate of drug-likeness (QED) is 0.875. The average Bonchev–Trinajstić information content (AvgIpc) is 2.24. The van der Waals surface area contributed by atoms with Crippen LogP contribution in [0.25, 0.3) is 0 Å². The normalized spacial score (nSPS) is 17.7. The predicted molar refractivity (Wildman–Crippen MR) is 67.0 cm³/mol. The number of halogens is 1. The van der Waals surface area contributed by atoms with E-state index in [1.54, 1.807) is 12.1 Å². The molecule has 2 N–H and O–H groups in total. The first-order valence-electron chi connectivity index (χ1n) is 5.45. The Balaban J connectivity index is 2.12. The zero-order chi connectivity index (χ0) is 12.6. The average molecular weight is 300 g/mol. The van der Waals surface area contributed by atoms with Gasteiger partial charge in [-0.1, -0.05) is 22.9 Å². The van der Waals surface area contributed by atoms with Gasteiger partial charge in [-0.3, -0.25) is 4.79 Å². The van der Waals surface area contributed by atoms with Crippen LogP contribution in [0.5, 0.6) is 5.75 Å². The molecule has 0 bridgehead atoms. The van der Waals surface area contributed by atoms with Crippen LogP contribution in [-0.2, 0) is 0 Å². The molecule has 1 aromatic rings. The second-order valence-electron chi connectivity index (χ2n) is 4.40. The minimum Gasteiger partial charge on any atom is -0.507 e. The molecule has 0 saturated carbocycles. The summed E-state index contributed by atoms with van der Waals surface area (Å²) in [6.45, 7) is 2.55. The van der Waals surface area contributed by atoms with Gasteiger partial charge in [-0.15, -0.1) is 0 Å². The monoisotopic (exact) mass is 299 g/mol. The van der Waals surface area contributed by atoms with Gasteiger partial charge in [-0.2, -0.15) is 0 Å². The van der Waals surface area contributed by atoms with Crippen molar-refractivity contribution in [2.45, 2.75) is 18.9 Å². The summed E-state index contributed by atoms with van der Waals surface area (Å²) in [6, 6.07) is 4.77. The van der Waals surface area contributed by atoms with Gasteiger partial charge >= 0.3 is 0 Å². The van der Waals surface area contributed by atoms with E-state index in [9.17, 15) is 15.0 Å². The van der Waals surface area contributed by atoms with Crippen LogP contribution in [-0.4, -0.2) is 39.7 Å². The molecule has 1 saturated heterocycles. The van der Waals surface area contributed by atoms with Gasteiger partial charge in [0, 0.05) is 4.47 Å². The number of carbonyl (C=O) groups excluding carboxylic acids is 1. The third-order valence-electron chi connectivity index (χ3n) is 3.11. The predicted octanol–water partition coefficient (Wildman–Crippen LogP) is 1.75. The number of amides is 1. The van der Waals surface area contributed by atoms with Crippen molar-refractivity contribution in [1.29, 1.82) is 0 Å². The highest BCUT2D eigenvalue weighted by atomic mass is 79.9. The fourth-order valence-corrected chi connectivity index (χ4v) is 2.24. The number of β-amino-alcohol motifs (C(OH)–C–C–N with tert-alkyl or cyclic N) is 1. The summed E-state index contributed by atoms with van der Waals surface area (Å²) in [4.78, 5) is 13.5. The second kappa shape index (κ2) is 4.31. The summed E-state index contributed by atoms with van der Waals surface area (Å²) in [5, 5.41) is 19.5. The highest BCUT2D eigenvalue weighted by Crippen LogP contribution is 2.29. The van der Waals surface area contributed by atoms with Crippen LogP contribution < -0.4 is 0 Å². The number of phenols is 1. The number of nitrogens with zero attached hydrogens (tertiary/aromatic N) is 1. The summed E-state index contributed by atoms with van der Waals surface area (Å²) in [5.41, 5.74) is -0.480. The van der Waals surface area contributed by atoms with Crippen molar-refractivity contribution in [3.63, 3.8) is 0 Å². The van der Waals surface area contributed by atoms with E-state index in [4.69, 9.17) is 0 Å². The van der Waals surface area contributed by atoms with Crippen LogP contribution in [0.1, 0.15) is 23.7 Å². The molecular formula is C12H14BrNO3. The van der Waals surface area contributed by atoms with Crippen LogP contribution >= 0.6 is 15.9 Å². The molecule has 2 rings (SSSR count). The molecule has 17 heavy (non-hydrogen) atoms. The molecule has 92 valence electrons. The Morgan fingerprint density at radius 2 is 2.18 bits per heavy atom. The van der Waals surface area contributed by atoms with Crippen LogP contribution in [0.15, 0.2) is 22.7 Å². The lowest BCUT2D eigenvalue weighted by Crippen LogP contribution is -2.63. The standard InChI is InChI=1S/C12H14BrNO3/c1-2-12(17)6-14(7-12)11(16)9-4-3-8(13)5-10(9)15/h3-5,15,17H,2,6-7H2,1H3. The topological polar surface area (TPSA) is 60.8 Å².